The van der Waals surface area contributed by atoms with Gasteiger partial charge in [0.2, 0.25) is 0 Å². The Bertz CT molecular complexity index is 478. The van der Waals surface area contributed by atoms with E-state index in [4.69, 9.17) is 4.52 Å². The SMILES string of the molecule is Cc1cc(C(C)(C)C)ccc1-c1ccno1. The van der Waals surface area contributed by atoms with E-state index in [1.807, 2.05) is 6.07 Å². The van der Waals surface area contributed by atoms with Crippen molar-refractivity contribution in [3.05, 3.63) is 41.6 Å². The minimum Gasteiger partial charge on any atom is -0.356 e. The highest BCUT2D eigenvalue weighted by Gasteiger charge is 2.15. The average Bonchev–Trinajstić information content (AvgIpc) is 2.69. The van der Waals surface area contributed by atoms with Gasteiger partial charge in [0.15, 0.2) is 5.76 Å². The maximum Gasteiger partial charge on any atom is 0.167 e. The van der Waals surface area contributed by atoms with Gasteiger partial charge in [-0.25, -0.2) is 0 Å². The van der Waals surface area contributed by atoms with Crippen molar-refractivity contribution in [1.29, 1.82) is 0 Å². The second-order valence-corrected chi connectivity index (χ2v) is 5.16. The molecule has 0 spiro atoms. The van der Waals surface area contributed by atoms with Crippen LogP contribution < -0.4 is 0 Å². The molecule has 0 radical (unpaired) electrons. The van der Waals surface area contributed by atoms with E-state index < -0.39 is 0 Å². The Labute approximate surface area is 96.3 Å². The third-order valence-corrected chi connectivity index (χ3v) is 2.80. The van der Waals surface area contributed by atoms with Gasteiger partial charge in [-0.2, -0.15) is 0 Å². The van der Waals surface area contributed by atoms with E-state index in [0.717, 1.165) is 11.3 Å². The maximum absolute atomic E-state index is 5.18. The molecule has 2 rings (SSSR count). The second kappa shape index (κ2) is 3.78. The number of hydrogen-bond donors (Lipinski definition) is 0. The van der Waals surface area contributed by atoms with Gasteiger partial charge in [-0.15, -0.1) is 0 Å². The number of benzene rings is 1. The second-order valence-electron chi connectivity index (χ2n) is 5.16. The summed E-state index contributed by atoms with van der Waals surface area (Å²) in [5.41, 5.74) is 3.87. The summed E-state index contributed by atoms with van der Waals surface area (Å²) in [5, 5.41) is 3.74. The molecule has 0 unspecified atom stereocenters. The summed E-state index contributed by atoms with van der Waals surface area (Å²) in [6.45, 7) is 8.76. The molecule has 0 saturated heterocycles. The molecule has 0 atom stereocenters. The third-order valence-electron chi connectivity index (χ3n) is 2.80. The van der Waals surface area contributed by atoms with Gasteiger partial charge in [0.1, 0.15) is 0 Å². The molecule has 0 aliphatic carbocycles. The van der Waals surface area contributed by atoms with E-state index in [-0.39, 0.29) is 5.41 Å². The molecule has 1 aromatic heterocycles. The fourth-order valence-corrected chi connectivity index (χ4v) is 1.76. The average molecular weight is 215 g/mol. The summed E-state index contributed by atoms with van der Waals surface area (Å²) in [5.74, 6) is 0.831. The van der Waals surface area contributed by atoms with Gasteiger partial charge in [-0.3, -0.25) is 0 Å². The van der Waals surface area contributed by atoms with Crippen LogP contribution in [0, 0.1) is 6.92 Å². The molecular weight excluding hydrogens is 198 g/mol. The first kappa shape index (κ1) is 10.9. The predicted octanol–water partition coefficient (Wildman–Crippen LogP) is 3.95. The van der Waals surface area contributed by atoms with Crippen LogP contribution in [0.15, 0.2) is 35.0 Å². The highest BCUT2D eigenvalue weighted by molar-refractivity contribution is 5.62. The number of rotatable bonds is 1. The Morgan fingerprint density at radius 1 is 1.12 bits per heavy atom. The molecule has 0 N–H and O–H groups in total. The zero-order valence-corrected chi connectivity index (χ0v) is 10.2. The van der Waals surface area contributed by atoms with Crippen molar-refractivity contribution in [1.82, 2.24) is 5.16 Å². The first-order valence-corrected chi connectivity index (χ1v) is 5.50. The third kappa shape index (κ3) is 2.01. The van der Waals surface area contributed by atoms with Gasteiger partial charge in [0.25, 0.3) is 0 Å². The minimum absolute atomic E-state index is 0.185. The fourth-order valence-electron chi connectivity index (χ4n) is 1.76. The van der Waals surface area contributed by atoms with Crippen molar-refractivity contribution in [2.24, 2.45) is 0 Å². The normalized spacial score (nSPS) is 11.8. The largest absolute Gasteiger partial charge is 0.356 e. The molecule has 0 saturated carbocycles. The van der Waals surface area contributed by atoms with Gasteiger partial charge >= 0.3 is 0 Å². The zero-order chi connectivity index (χ0) is 11.8. The topological polar surface area (TPSA) is 26.0 Å². The van der Waals surface area contributed by atoms with E-state index in [1.165, 1.54) is 11.1 Å². The predicted molar refractivity (Wildman–Crippen MR) is 65.4 cm³/mol. The lowest BCUT2D eigenvalue weighted by atomic mass is 9.85. The van der Waals surface area contributed by atoms with Crippen molar-refractivity contribution >= 4 is 0 Å². The molecule has 84 valence electrons. The Morgan fingerprint density at radius 3 is 2.38 bits per heavy atom. The molecule has 0 amide bonds. The van der Waals surface area contributed by atoms with E-state index in [9.17, 15) is 0 Å². The smallest absolute Gasteiger partial charge is 0.167 e. The van der Waals surface area contributed by atoms with Crippen LogP contribution in [0.25, 0.3) is 11.3 Å². The van der Waals surface area contributed by atoms with Crippen LogP contribution in [0.1, 0.15) is 31.9 Å². The number of hydrogen-bond acceptors (Lipinski definition) is 2. The molecule has 1 heterocycles. The number of nitrogens with zero attached hydrogens (tertiary/aromatic N) is 1. The van der Waals surface area contributed by atoms with Crippen LogP contribution in [-0.2, 0) is 5.41 Å². The van der Waals surface area contributed by atoms with Gasteiger partial charge in [-0.1, -0.05) is 44.1 Å². The summed E-state index contributed by atoms with van der Waals surface area (Å²) in [7, 11) is 0. The van der Waals surface area contributed by atoms with Crippen molar-refractivity contribution in [2.45, 2.75) is 33.1 Å². The lowest BCUT2D eigenvalue weighted by molar-refractivity contribution is 0.432. The summed E-state index contributed by atoms with van der Waals surface area (Å²) >= 11 is 0. The van der Waals surface area contributed by atoms with Crippen LogP contribution in [0.2, 0.25) is 0 Å². The van der Waals surface area contributed by atoms with Crippen molar-refractivity contribution in [2.75, 3.05) is 0 Å². The van der Waals surface area contributed by atoms with E-state index in [2.05, 4.69) is 51.1 Å². The van der Waals surface area contributed by atoms with Crippen molar-refractivity contribution < 1.29 is 4.52 Å². The van der Waals surface area contributed by atoms with E-state index in [1.54, 1.807) is 6.20 Å². The van der Waals surface area contributed by atoms with Crippen LogP contribution in [0.4, 0.5) is 0 Å². The first-order chi connectivity index (χ1) is 7.48. The molecule has 2 aromatic rings. The zero-order valence-electron chi connectivity index (χ0n) is 10.2. The summed E-state index contributed by atoms with van der Waals surface area (Å²) < 4.78 is 5.18. The quantitative estimate of drug-likeness (QED) is 0.720. The molecule has 16 heavy (non-hydrogen) atoms. The van der Waals surface area contributed by atoms with Gasteiger partial charge < -0.3 is 4.52 Å². The van der Waals surface area contributed by atoms with Gasteiger partial charge in [0, 0.05) is 11.6 Å². The Kier molecular flexibility index (Phi) is 2.58. The molecule has 0 bridgehead atoms. The van der Waals surface area contributed by atoms with Crippen LogP contribution in [-0.4, -0.2) is 5.16 Å². The molecule has 1 aromatic carbocycles. The van der Waals surface area contributed by atoms with Gasteiger partial charge in [-0.05, 0) is 23.5 Å². The van der Waals surface area contributed by atoms with Crippen molar-refractivity contribution in [3.8, 4) is 11.3 Å². The van der Waals surface area contributed by atoms with Gasteiger partial charge in [0.05, 0.1) is 6.20 Å². The lowest BCUT2D eigenvalue weighted by Gasteiger charge is -2.20. The number of aromatic nitrogens is 1. The molecule has 0 aliphatic heterocycles. The fraction of sp³-hybridized carbons (Fsp3) is 0.357. The summed E-state index contributed by atoms with van der Waals surface area (Å²) in [6.07, 6.45) is 1.67. The standard InChI is InChI=1S/C14H17NO/c1-10-9-11(14(2,3)4)5-6-12(10)13-7-8-15-16-13/h5-9H,1-4H3. The van der Waals surface area contributed by atoms with Crippen LogP contribution in [0.3, 0.4) is 0 Å². The van der Waals surface area contributed by atoms with Crippen LogP contribution in [0.5, 0.6) is 0 Å². The first-order valence-electron chi connectivity index (χ1n) is 5.50. The number of aryl methyl sites for hydroxylation is 1. The Hall–Kier alpha value is -1.57. The lowest BCUT2D eigenvalue weighted by Crippen LogP contribution is -2.11. The Balaban J connectivity index is 2.46. The summed E-state index contributed by atoms with van der Waals surface area (Å²) in [4.78, 5) is 0. The molecule has 2 nitrogen and oxygen atoms in total. The van der Waals surface area contributed by atoms with E-state index in [0.29, 0.717) is 0 Å². The monoisotopic (exact) mass is 215 g/mol. The maximum atomic E-state index is 5.18. The van der Waals surface area contributed by atoms with E-state index >= 15 is 0 Å². The molecule has 2 heteroatoms. The molecule has 0 fully saturated rings. The highest BCUT2D eigenvalue weighted by Crippen LogP contribution is 2.28. The molecule has 0 aliphatic rings. The molecular formula is C14H17NO. The van der Waals surface area contributed by atoms with Crippen molar-refractivity contribution in [3.63, 3.8) is 0 Å². The van der Waals surface area contributed by atoms with Crippen LogP contribution >= 0.6 is 0 Å². The Morgan fingerprint density at radius 2 is 1.88 bits per heavy atom. The summed E-state index contributed by atoms with van der Waals surface area (Å²) in [6, 6.07) is 8.37. The highest BCUT2D eigenvalue weighted by atomic mass is 16.5. The minimum atomic E-state index is 0.185.